The van der Waals surface area contributed by atoms with E-state index in [0.717, 1.165) is 42.0 Å². The minimum Gasteiger partial charge on any atom is -0.367 e. The molecule has 3 aromatic rings. The highest BCUT2D eigenvalue weighted by Gasteiger charge is 2.19. The van der Waals surface area contributed by atoms with Gasteiger partial charge in [-0.05, 0) is 62.5 Å². The van der Waals surface area contributed by atoms with Crippen molar-refractivity contribution in [2.24, 2.45) is 0 Å². The van der Waals surface area contributed by atoms with Crippen molar-refractivity contribution in [2.75, 3.05) is 18.4 Å². The quantitative estimate of drug-likeness (QED) is 0.649. The topological polar surface area (TPSA) is 49.8 Å². The van der Waals surface area contributed by atoms with Gasteiger partial charge in [-0.3, -0.25) is 0 Å². The monoisotopic (exact) mass is 372 g/mol. The molecular weight excluding hydrogens is 352 g/mol. The standard InChI is InChI=1S/C19H21ClN4S/c1-11-3-4-14(12(2)9-11)15-10-25-18-16(15)17(23-19(20)24-18)22-13-5-7-21-8-6-13/h3-4,9-10,13,21H,5-8H2,1-2H3,(H,22,23,24). The zero-order chi connectivity index (χ0) is 17.4. The summed E-state index contributed by atoms with van der Waals surface area (Å²) >= 11 is 7.81. The number of piperidine rings is 1. The predicted octanol–water partition coefficient (Wildman–Crippen LogP) is 4.79. The van der Waals surface area contributed by atoms with Gasteiger partial charge in [0.15, 0.2) is 0 Å². The number of nitrogens with one attached hydrogen (secondary N) is 2. The third-order valence-corrected chi connectivity index (χ3v) is 5.80. The lowest BCUT2D eigenvalue weighted by Crippen LogP contribution is -2.35. The first-order chi connectivity index (χ1) is 12.1. The molecule has 130 valence electrons. The number of benzene rings is 1. The van der Waals surface area contributed by atoms with Gasteiger partial charge in [0.1, 0.15) is 10.6 Å². The second kappa shape index (κ2) is 6.90. The van der Waals surface area contributed by atoms with Crippen LogP contribution in [0.4, 0.5) is 5.82 Å². The highest BCUT2D eigenvalue weighted by molar-refractivity contribution is 7.17. The van der Waals surface area contributed by atoms with Crippen LogP contribution < -0.4 is 10.6 Å². The molecule has 0 unspecified atom stereocenters. The molecule has 25 heavy (non-hydrogen) atoms. The first kappa shape index (κ1) is 16.8. The second-order valence-corrected chi connectivity index (χ2v) is 7.85. The summed E-state index contributed by atoms with van der Waals surface area (Å²) in [5, 5.41) is 10.6. The molecule has 0 spiro atoms. The van der Waals surface area contributed by atoms with Crippen LogP contribution in [0.3, 0.4) is 0 Å². The Labute approximate surface area is 156 Å². The lowest BCUT2D eigenvalue weighted by Gasteiger charge is -2.24. The number of halogens is 1. The Morgan fingerprint density at radius 1 is 1.16 bits per heavy atom. The summed E-state index contributed by atoms with van der Waals surface area (Å²) < 4.78 is 0. The van der Waals surface area contributed by atoms with Crippen LogP contribution in [0.5, 0.6) is 0 Å². The Bertz CT molecular complexity index is 915. The third kappa shape index (κ3) is 3.36. The maximum absolute atomic E-state index is 6.18. The number of aromatic nitrogens is 2. The Kier molecular flexibility index (Phi) is 4.63. The maximum Gasteiger partial charge on any atom is 0.225 e. The van der Waals surface area contributed by atoms with Crippen molar-refractivity contribution < 1.29 is 0 Å². The number of rotatable bonds is 3. The Morgan fingerprint density at radius 3 is 2.72 bits per heavy atom. The predicted molar refractivity (Wildman–Crippen MR) is 107 cm³/mol. The Morgan fingerprint density at radius 2 is 1.96 bits per heavy atom. The zero-order valence-electron chi connectivity index (χ0n) is 14.4. The normalized spacial score (nSPS) is 15.6. The molecule has 0 amide bonds. The van der Waals surface area contributed by atoms with Gasteiger partial charge in [-0.2, -0.15) is 0 Å². The molecule has 3 heterocycles. The van der Waals surface area contributed by atoms with Crippen LogP contribution in [0.1, 0.15) is 24.0 Å². The van der Waals surface area contributed by atoms with Gasteiger partial charge in [-0.25, -0.2) is 9.97 Å². The summed E-state index contributed by atoms with van der Waals surface area (Å²) in [6, 6.07) is 6.98. The molecule has 6 heteroatoms. The first-order valence-corrected chi connectivity index (χ1v) is 9.87. The van der Waals surface area contributed by atoms with Crippen LogP contribution in [-0.2, 0) is 0 Å². The van der Waals surface area contributed by atoms with Crippen molar-refractivity contribution in [3.8, 4) is 11.1 Å². The summed E-state index contributed by atoms with van der Waals surface area (Å²) in [7, 11) is 0. The maximum atomic E-state index is 6.18. The van der Waals surface area contributed by atoms with Crippen molar-refractivity contribution in [3.63, 3.8) is 0 Å². The van der Waals surface area contributed by atoms with Gasteiger partial charge in [0.25, 0.3) is 0 Å². The number of anilines is 1. The summed E-state index contributed by atoms with van der Waals surface area (Å²) in [4.78, 5) is 9.91. The number of nitrogens with zero attached hydrogens (tertiary/aromatic N) is 2. The van der Waals surface area contributed by atoms with E-state index in [1.165, 1.54) is 22.3 Å². The SMILES string of the molecule is Cc1ccc(-c2csc3nc(Cl)nc(NC4CCNCC4)c23)c(C)c1. The third-order valence-electron chi connectivity index (χ3n) is 4.76. The van der Waals surface area contributed by atoms with E-state index in [9.17, 15) is 0 Å². The van der Waals surface area contributed by atoms with Crippen molar-refractivity contribution in [1.82, 2.24) is 15.3 Å². The van der Waals surface area contributed by atoms with E-state index in [1.54, 1.807) is 11.3 Å². The van der Waals surface area contributed by atoms with Gasteiger partial charge in [-0.1, -0.05) is 23.8 Å². The lowest BCUT2D eigenvalue weighted by molar-refractivity contribution is 0.478. The van der Waals surface area contributed by atoms with E-state index in [4.69, 9.17) is 11.6 Å². The van der Waals surface area contributed by atoms with Crippen molar-refractivity contribution in [3.05, 3.63) is 40.0 Å². The molecule has 2 N–H and O–H groups in total. The molecule has 0 radical (unpaired) electrons. The van der Waals surface area contributed by atoms with Crippen LogP contribution in [-0.4, -0.2) is 29.1 Å². The average Bonchev–Trinajstić information content (AvgIpc) is 2.99. The number of hydrogen-bond donors (Lipinski definition) is 2. The fourth-order valence-electron chi connectivity index (χ4n) is 3.49. The smallest absolute Gasteiger partial charge is 0.225 e. The second-order valence-electron chi connectivity index (χ2n) is 6.66. The van der Waals surface area contributed by atoms with Crippen molar-refractivity contribution in [1.29, 1.82) is 0 Å². The van der Waals surface area contributed by atoms with E-state index in [1.807, 2.05) is 0 Å². The summed E-state index contributed by atoms with van der Waals surface area (Å²) in [6.45, 7) is 6.35. The zero-order valence-corrected chi connectivity index (χ0v) is 16.0. The van der Waals surface area contributed by atoms with E-state index < -0.39 is 0 Å². The van der Waals surface area contributed by atoms with E-state index in [2.05, 4.69) is 58.0 Å². The summed E-state index contributed by atoms with van der Waals surface area (Å²) in [5.74, 6) is 0.859. The molecule has 1 fully saturated rings. The van der Waals surface area contributed by atoms with Crippen LogP contribution in [0, 0.1) is 13.8 Å². The van der Waals surface area contributed by atoms with Crippen molar-refractivity contribution >= 4 is 39.0 Å². The molecule has 1 saturated heterocycles. The van der Waals surface area contributed by atoms with Crippen molar-refractivity contribution in [2.45, 2.75) is 32.7 Å². The molecule has 0 atom stereocenters. The highest BCUT2D eigenvalue weighted by atomic mass is 35.5. The number of hydrogen-bond acceptors (Lipinski definition) is 5. The van der Waals surface area contributed by atoms with Gasteiger partial charge in [0.2, 0.25) is 5.28 Å². The van der Waals surface area contributed by atoms with E-state index in [-0.39, 0.29) is 0 Å². The number of thiophene rings is 1. The van der Waals surface area contributed by atoms with Crippen LogP contribution in [0.2, 0.25) is 5.28 Å². The molecule has 2 aromatic heterocycles. The van der Waals surface area contributed by atoms with Gasteiger partial charge < -0.3 is 10.6 Å². The fourth-order valence-corrected chi connectivity index (χ4v) is 4.65. The minimum absolute atomic E-state index is 0.304. The molecule has 4 rings (SSSR count). The Hall–Kier alpha value is -1.69. The molecule has 0 aliphatic carbocycles. The summed E-state index contributed by atoms with van der Waals surface area (Å²) in [5.41, 5.74) is 4.96. The van der Waals surface area contributed by atoms with E-state index in [0.29, 0.717) is 11.3 Å². The van der Waals surface area contributed by atoms with Crippen LogP contribution in [0.25, 0.3) is 21.3 Å². The summed E-state index contributed by atoms with van der Waals surface area (Å²) in [6.07, 6.45) is 2.18. The molecule has 1 aromatic carbocycles. The van der Waals surface area contributed by atoms with Gasteiger partial charge in [-0.15, -0.1) is 11.3 Å². The van der Waals surface area contributed by atoms with Gasteiger partial charge in [0.05, 0.1) is 5.39 Å². The molecule has 0 saturated carbocycles. The molecule has 4 nitrogen and oxygen atoms in total. The Balaban J connectivity index is 1.83. The molecule has 1 aliphatic heterocycles. The van der Waals surface area contributed by atoms with Gasteiger partial charge >= 0.3 is 0 Å². The lowest BCUT2D eigenvalue weighted by atomic mass is 9.98. The largest absolute Gasteiger partial charge is 0.367 e. The highest BCUT2D eigenvalue weighted by Crippen LogP contribution is 2.39. The molecular formula is C19H21ClN4S. The minimum atomic E-state index is 0.304. The number of fused-ring (bicyclic) bond motifs is 1. The molecule has 0 bridgehead atoms. The van der Waals surface area contributed by atoms with Gasteiger partial charge in [0, 0.05) is 17.0 Å². The fraction of sp³-hybridized carbons (Fsp3) is 0.368. The van der Waals surface area contributed by atoms with Crippen LogP contribution in [0.15, 0.2) is 23.6 Å². The van der Waals surface area contributed by atoms with Crippen LogP contribution >= 0.6 is 22.9 Å². The first-order valence-electron chi connectivity index (χ1n) is 8.61. The molecule has 1 aliphatic rings. The number of aryl methyl sites for hydroxylation is 2. The van der Waals surface area contributed by atoms with E-state index >= 15 is 0 Å². The average molecular weight is 373 g/mol.